The van der Waals surface area contributed by atoms with Gasteiger partial charge in [-0.05, 0) is 19.8 Å². The number of unbranched alkanes of at least 4 members (excludes halogenated alkanes) is 4. The van der Waals surface area contributed by atoms with Gasteiger partial charge in [0.25, 0.3) is 0 Å². The molecule has 1 aliphatic heterocycles. The number of esters is 1. The summed E-state index contributed by atoms with van der Waals surface area (Å²) in [5.41, 5.74) is 0. The lowest BCUT2D eigenvalue weighted by Crippen LogP contribution is -2.28. The molecule has 0 aromatic heterocycles. The van der Waals surface area contributed by atoms with Gasteiger partial charge in [-0.15, -0.1) is 0 Å². The van der Waals surface area contributed by atoms with E-state index < -0.39 is 0 Å². The van der Waals surface area contributed by atoms with Crippen LogP contribution in [0.25, 0.3) is 0 Å². The van der Waals surface area contributed by atoms with Crippen LogP contribution in [0.1, 0.15) is 51.9 Å². The molecule has 0 spiro atoms. The Morgan fingerprint density at radius 1 is 1.17 bits per heavy atom. The maximum atomic E-state index is 11.1. The third kappa shape index (κ3) is 7.67. The monoisotopic (exact) mass is 258 g/mol. The molecule has 0 N–H and O–H groups in total. The summed E-state index contributed by atoms with van der Waals surface area (Å²) in [6.07, 6.45) is 7.61. The van der Waals surface area contributed by atoms with Crippen LogP contribution < -0.4 is 0 Å². The van der Waals surface area contributed by atoms with E-state index in [0.29, 0.717) is 19.1 Å². The molecule has 0 amide bonds. The van der Waals surface area contributed by atoms with Crippen molar-refractivity contribution in [3.05, 3.63) is 0 Å². The third-order valence-electron chi connectivity index (χ3n) is 3.10. The summed E-state index contributed by atoms with van der Waals surface area (Å²) in [5, 5.41) is 0. The Kier molecular flexibility index (Phi) is 8.86. The van der Waals surface area contributed by atoms with Crippen LogP contribution in [-0.4, -0.2) is 38.5 Å². The molecule has 106 valence electrons. The summed E-state index contributed by atoms with van der Waals surface area (Å²) in [5.74, 6) is -0.0646. The fraction of sp³-hybridized carbons (Fsp3) is 0.929. The molecule has 1 heterocycles. The molecule has 1 aliphatic rings. The molecule has 0 radical (unpaired) electrons. The van der Waals surface area contributed by atoms with Gasteiger partial charge in [0.15, 0.2) is 0 Å². The SMILES string of the molecule is CCOC(=O)CCCCCCCC1COCCO1. The van der Waals surface area contributed by atoms with Gasteiger partial charge in [-0.1, -0.05) is 25.7 Å². The van der Waals surface area contributed by atoms with Crippen molar-refractivity contribution in [3.63, 3.8) is 0 Å². The van der Waals surface area contributed by atoms with Crippen molar-refractivity contribution in [1.82, 2.24) is 0 Å². The number of carbonyl (C=O) groups excluding carboxylic acids is 1. The highest BCUT2D eigenvalue weighted by Crippen LogP contribution is 2.12. The maximum absolute atomic E-state index is 11.1. The summed E-state index contributed by atoms with van der Waals surface area (Å²) in [7, 11) is 0. The first kappa shape index (κ1) is 15.4. The predicted octanol–water partition coefficient (Wildman–Crippen LogP) is 2.70. The third-order valence-corrected chi connectivity index (χ3v) is 3.10. The highest BCUT2D eigenvalue weighted by Gasteiger charge is 2.13. The van der Waals surface area contributed by atoms with Gasteiger partial charge in [-0.2, -0.15) is 0 Å². The predicted molar refractivity (Wildman–Crippen MR) is 69.5 cm³/mol. The van der Waals surface area contributed by atoms with E-state index >= 15 is 0 Å². The lowest BCUT2D eigenvalue weighted by molar-refractivity contribution is -0.143. The van der Waals surface area contributed by atoms with Crippen molar-refractivity contribution in [2.75, 3.05) is 26.4 Å². The van der Waals surface area contributed by atoms with E-state index in [0.717, 1.165) is 39.1 Å². The largest absolute Gasteiger partial charge is 0.466 e. The fourth-order valence-electron chi connectivity index (χ4n) is 2.11. The van der Waals surface area contributed by atoms with Crippen LogP contribution >= 0.6 is 0 Å². The van der Waals surface area contributed by atoms with Crippen LogP contribution in [0.2, 0.25) is 0 Å². The van der Waals surface area contributed by atoms with Crippen molar-refractivity contribution < 1.29 is 19.0 Å². The summed E-state index contributed by atoms with van der Waals surface area (Å²) < 4.78 is 15.8. The topological polar surface area (TPSA) is 44.8 Å². The first-order valence-corrected chi connectivity index (χ1v) is 7.18. The van der Waals surface area contributed by atoms with Crippen LogP contribution in [0.5, 0.6) is 0 Å². The van der Waals surface area contributed by atoms with E-state index in [1.165, 1.54) is 19.3 Å². The van der Waals surface area contributed by atoms with Crippen molar-refractivity contribution >= 4 is 5.97 Å². The lowest BCUT2D eigenvalue weighted by Gasteiger charge is -2.22. The number of hydrogen-bond acceptors (Lipinski definition) is 4. The zero-order valence-electron chi connectivity index (χ0n) is 11.5. The van der Waals surface area contributed by atoms with Gasteiger partial charge in [0.2, 0.25) is 0 Å². The van der Waals surface area contributed by atoms with Crippen molar-refractivity contribution in [1.29, 1.82) is 0 Å². The average Bonchev–Trinajstić information content (AvgIpc) is 2.39. The molecule has 4 heteroatoms. The van der Waals surface area contributed by atoms with Crippen LogP contribution in [0.15, 0.2) is 0 Å². The van der Waals surface area contributed by atoms with Crippen LogP contribution in [0.4, 0.5) is 0 Å². The van der Waals surface area contributed by atoms with Gasteiger partial charge >= 0.3 is 5.97 Å². The number of ether oxygens (including phenoxy) is 3. The molecule has 18 heavy (non-hydrogen) atoms. The number of rotatable bonds is 9. The van der Waals surface area contributed by atoms with Crippen molar-refractivity contribution in [2.45, 2.75) is 58.0 Å². The minimum Gasteiger partial charge on any atom is -0.466 e. The molecular formula is C14H26O4. The molecule has 0 aliphatic carbocycles. The van der Waals surface area contributed by atoms with E-state index in [2.05, 4.69) is 0 Å². The molecule has 1 unspecified atom stereocenters. The smallest absolute Gasteiger partial charge is 0.305 e. The average molecular weight is 258 g/mol. The van der Waals surface area contributed by atoms with Gasteiger partial charge in [0.05, 0.1) is 32.5 Å². The normalized spacial score (nSPS) is 19.7. The Labute approximate surface area is 110 Å². The zero-order chi connectivity index (χ0) is 13.1. The summed E-state index contributed by atoms with van der Waals surface area (Å²) in [4.78, 5) is 11.1. The summed E-state index contributed by atoms with van der Waals surface area (Å²) in [6, 6.07) is 0. The van der Waals surface area contributed by atoms with Crippen LogP contribution in [-0.2, 0) is 19.0 Å². The Morgan fingerprint density at radius 2 is 1.94 bits per heavy atom. The van der Waals surface area contributed by atoms with Gasteiger partial charge in [-0.3, -0.25) is 4.79 Å². The van der Waals surface area contributed by atoms with Crippen LogP contribution in [0.3, 0.4) is 0 Å². The molecule has 0 saturated carbocycles. The molecule has 0 aromatic rings. The quantitative estimate of drug-likeness (QED) is 0.471. The molecule has 4 nitrogen and oxygen atoms in total. The van der Waals surface area contributed by atoms with E-state index in [-0.39, 0.29) is 5.97 Å². The molecule has 0 bridgehead atoms. The van der Waals surface area contributed by atoms with Crippen molar-refractivity contribution in [3.8, 4) is 0 Å². The second kappa shape index (κ2) is 10.3. The van der Waals surface area contributed by atoms with Gasteiger partial charge < -0.3 is 14.2 Å². The second-order valence-corrected chi connectivity index (χ2v) is 4.68. The molecular weight excluding hydrogens is 232 g/mol. The first-order chi connectivity index (χ1) is 8.83. The summed E-state index contributed by atoms with van der Waals surface area (Å²) >= 11 is 0. The molecule has 1 rings (SSSR count). The highest BCUT2D eigenvalue weighted by atomic mass is 16.6. The van der Waals surface area contributed by atoms with Crippen LogP contribution in [0, 0.1) is 0 Å². The Bertz CT molecular complexity index is 212. The molecule has 0 aromatic carbocycles. The number of hydrogen-bond donors (Lipinski definition) is 0. The first-order valence-electron chi connectivity index (χ1n) is 7.18. The van der Waals surface area contributed by atoms with E-state index in [4.69, 9.17) is 14.2 Å². The van der Waals surface area contributed by atoms with E-state index in [9.17, 15) is 4.79 Å². The minimum atomic E-state index is -0.0646. The second-order valence-electron chi connectivity index (χ2n) is 4.68. The van der Waals surface area contributed by atoms with E-state index in [1.54, 1.807) is 0 Å². The summed E-state index contributed by atoms with van der Waals surface area (Å²) in [6.45, 7) is 4.56. The molecule has 1 saturated heterocycles. The van der Waals surface area contributed by atoms with Gasteiger partial charge in [0.1, 0.15) is 0 Å². The Morgan fingerprint density at radius 3 is 2.67 bits per heavy atom. The fourth-order valence-corrected chi connectivity index (χ4v) is 2.11. The number of carbonyl (C=O) groups is 1. The van der Waals surface area contributed by atoms with E-state index in [1.807, 2.05) is 6.92 Å². The molecule has 1 fully saturated rings. The lowest BCUT2D eigenvalue weighted by atomic mass is 10.1. The molecule has 1 atom stereocenters. The van der Waals surface area contributed by atoms with Gasteiger partial charge in [0, 0.05) is 6.42 Å². The maximum Gasteiger partial charge on any atom is 0.305 e. The zero-order valence-corrected chi connectivity index (χ0v) is 11.5. The van der Waals surface area contributed by atoms with Crippen molar-refractivity contribution in [2.24, 2.45) is 0 Å². The van der Waals surface area contributed by atoms with Gasteiger partial charge in [-0.25, -0.2) is 0 Å². The Hall–Kier alpha value is -0.610. The minimum absolute atomic E-state index is 0.0646. The standard InChI is InChI=1S/C14H26O4/c1-2-17-14(15)9-7-5-3-4-6-8-13-12-16-10-11-18-13/h13H,2-12H2,1H3. The highest BCUT2D eigenvalue weighted by molar-refractivity contribution is 5.69. The Balaban J connectivity index is 1.82.